The fourth-order valence-corrected chi connectivity index (χ4v) is 0.740. The van der Waals surface area contributed by atoms with Gasteiger partial charge in [-0.1, -0.05) is 12.1 Å². The first kappa shape index (κ1) is 7.42. The Hall–Kier alpha value is -1.69. The van der Waals surface area contributed by atoms with Gasteiger partial charge < -0.3 is 0 Å². The smallest absolute Gasteiger partial charge is 0.200 e. The minimum absolute atomic E-state index is 0.0556. The van der Waals surface area contributed by atoms with Crippen LogP contribution in [0.2, 0.25) is 0 Å². The normalized spacial score (nSPS) is 8.73. The fourth-order valence-electron chi connectivity index (χ4n) is 0.740. The van der Waals surface area contributed by atoms with Crippen LogP contribution < -0.4 is 0 Å². The molecule has 2 nitrogen and oxygen atoms in total. The van der Waals surface area contributed by atoms with Gasteiger partial charge in [0.15, 0.2) is 5.69 Å². The monoisotopic (exact) mass is 149 g/mol. The van der Waals surface area contributed by atoms with E-state index in [2.05, 4.69) is 4.85 Å². The third-order valence-corrected chi connectivity index (χ3v) is 1.27. The van der Waals surface area contributed by atoms with Gasteiger partial charge in [0.1, 0.15) is 12.1 Å². The number of hydrogen-bond acceptors (Lipinski definition) is 1. The molecule has 11 heavy (non-hydrogen) atoms. The quantitative estimate of drug-likeness (QED) is 0.443. The van der Waals surface area contributed by atoms with Crippen molar-refractivity contribution in [1.82, 2.24) is 0 Å². The molecular formula is C8H4FNO. The summed E-state index contributed by atoms with van der Waals surface area (Å²) < 4.78 is 12.7. The first-order valence-corrected chi connectivity index (χ1v) is 2.90. The van der Waals surface area contributed by atoms with Crippen molar-refractivity contribution in [3.63, 3.8) is 0 Å². The molecule has 54 valence electrons. The van der Waals surface area contributed by atoms with Gasteiger partial charge in [0, 0.05) is 0 Å². The summed E-state index contributed by atoms with van der Waals surface area (Å²) in [4.78, 5) is 13.2. The average molecular weight is 149 g/mol. The Kier molecular flexibility index (Phi) is 1.98. The molecule has 0 aromatic heterocycles. The molecule has 0 atom stereocenters. The highest BCUT2D eigenvalue weighted by atomic mass is 19.1. The Morgan fingerprint density at radius 3 is 2.73 bits per heavy atom. The molecule has 1 rings (SSSR count). The molecule has 1 aromatic rings. The number of carbonyl (C=O) groups excluding carboxylic acids is 1. The van der Waals surface area contributed by atoms with Gasteiger partial charge in [-0.15, -0.1) is 0 Å². The maximum absolute atomic E-state index is 12.7. The topological polar surface area (TPSA) is 21.4 Å². The van der Waals surface area contributed by atoms with Crippen LogP contribution in [0.4, 0.5) is 10.1 Å². The third-order valence-electron chi connectivity index (χ3n) is 1.27. The maximum Gasteiger partial charge on any atom is 0.200 e. The molecule has 0 unspecified atom stereocenters. The van der Waals surface area contributed by atoms with Gasteiger partial charge in [0.25, 0.3) is 0 Å². The Balaban J connectivity index is 3.38. The van der Waals surface area contributed by atoms with Crippen LogP contribution in [-0.2, 0) is 0 Å². The van der Waals surface area contributed by atoms with E-state index in [1.54, 1.807) is 0 Å². The predicted octanol–water partition coefficient (Wildman–Crippen LogP) is 2.19. The minimum atomic E-state index is -0.645. The van der Waals surface area contributed by atoms with E-state index in [-0.39, 0.29) is 11.3 Å². The van der Waals surface area contributed by atoms with Crippen molar-refractivity contribution in [1.29, 1.82) is 0 Å². The Morgan fingerprint density at radius 2 is 2.27 bits per heavy atom. The van der Waals surface area contributed by atoms with Gasteiger partial charge in [0.2, 0.25) is 0 Å². The number of benzene rings is 1. The van der Waals surface area contributed by atoms with Crippen LogP contribution in [0.15, 0.2) is 18.2 Å². The van der Waals surface area contributed by atoms with Gasteiger partial charge >= 0.3 is 0 Å². The molecule has 0 aliphatic carbocycles. The van der Waals surface area contributed by atoms with Crippen molar-refractivity contribution in [3.8, 4) is 0 Å². The number of halogens is 1. The number of aldehydes is 1. The first-order chi connectivity index (χ1) is 5.29. The molecule has 0 aliphatic rings. The van der Waals surface area contributed by atoms with E-state index in [0.29, 0.717) is 6.29 Å². The van der Waals surface area contributed by atoms with Crippen molar-refractivity contribution in [2.45, 2.75) is 0 Å². The van der Waals surface area contributed by atoms with Crippen LogP contribution in [0, 0.1) is 12.4 Å². The summed E-state index contributed by atoms with van der Waals surface area (Å²) in [6, 6.07) is 3.95. The predicted molar refractivity (Wildman–Crippen MR) is 38.0 cm³/mol. The highest BCUT2D eigenvalue weighted by molar-refractivity contribution is 5.84. The van der Waals surface area contributed by atoms with Crippen LogP contribution in [0.1, 0.15) is 10.4 Å². The molecule has 0 amide bonds. The first-order valence-electron chi connectivity index (χ1n) is 2.90. The number of rotatable bonds is 1. The molecule has 0 bridgehead atoms. The SMILES string of the molecule is [C-]#[N+]c1cccc(F)c1C=O. The zero-order chi connectivity index (χ0) is 8.27. The van der Waals surface area contributed by atoms with Crippen molar-refractivity contribution in [2.24, 2.45) is 0 Å². The van der Waals surface area contributed by atoms with Crippen LogP contribution in [0.25, 0.3) is 4.85 Å². The zero-order valence-corrected chi connectivity index (χ0v) is 5.54. The van der Waals surface area contributed by atoms with E-state index in [4.69, 9.17) is 6.57 Å². The number of hydrogen-bond donors (Lipinski definition) is 0. The molecule has 3 heteroatoms. The van der Waals surface area contributed by atoms with Gasteiger partial charge in [-0.3, -0.25) is 4.79 Å². The molecule has 0 heterocycles. The van der Waals surface area contributed by atoms with Gasteiger partial charge in [-0.2, -0.15) is 0 Å². The largest absolute Gasteiger partial charge is 0.299 e. The number of carbonyl (C=O) groups is 1. The second-order valence-corrected chi connectivity index (χ2v) is 1.90. The van der Waals surface area contributed by atoms with Crippen molar-refractivity contribution in [3.05, 3.63) is 41.0 Å². The molecule has 0 fully saturated rings. The molecule has 0 N–H and O–H groups in total. The summed E-state index contributed by atoms with van der Waals surface area (Å²) >= 11 is 0. The lowest BCUT2D eigenvalue weighted by Crippen LogP contribution is -1.85. The van der Waals surface area contributed by atoms with Crippen LogP contribution >= 0.6 is 0 Å². The average Bonchev–Trinajstić information content (AvgIpc) is 2.04. The lowest BCUT2D eigenvalue weighted by molar-refractivity contribution is 0.112. The molecule has 1 aromatic carbocycles. The van der Waals surface area contributed by atoms with Crippen LogP contribution in [-0.4, -0.2) is 6.29 Å². The Morgan fingerprint density at radius 1 is 1.55 bits per heavy atom. The maximum atomic E-state index is 12.7. The highest BCUT2D eigenvalue weighted by Gasteiger charge is 2.05. The van der Waals surface area contributed by atoms with Crippen molar-refractivity contribution in [2.75, 3.05) is 0 Å². The van der Waals surface area contributed by atoms with Crippen molar-refractivity contribution < 1.29 is 9.18 Å². The molecule has 0 aliphatic heterocycles. The molecule has 0 saturated heterocycles. The lowest BCUT2D eigenvalue weighted by Gasteiger charge is -1.94. The summed E-state index contributed by atoms with van der Waals surface area (Å²) in [6.45, 7) is 6.58. The van der Waals surface area contributed by atoms with Gasteiger partial charge in [-0.25, -0.2) is 9.24 Å². The summed E-state index contributed by atoms with van der Waals surface area (Å²) in [5.41, 5.74) is -0.109. The van der Waals surface area contributed by atoms with Crippen LogP contribution in [0.3, 0.4) is 0 Å². The third kappa shape index (κ3) is 1.24. The van der Waals surface area contributed by atoms with E-state index in [1.807, 2.05) is 0 Å². The molecular weight excluding hydrogens is 145 g/mol. The standard InChI is InChI=1S/C8H4FNO/c1-10-8-4-2-3-7(9)6(8)5-11/h2-5H. The lowest BCUT2D eigenvalue weighted by atomic mass is 10.2. The summed E-state index contributed by atoms with van der Waals surface area (Å²) in [7, 11) is 0. The summed E-state index contributed by atoms with van der Waals surface area (Å²) in [6.07, 6.45) is 0.350. The number of nitrogens with zero attached hydrogens (tertiary/aromatic N) is 1. The Bertz CT molecular complexity index is 327. The minimum Gasteiger partial charge on any atom is -0.299 e. The van der Waals surface area contributed by atoms with E-state index >= 15 is 0 Å². The van der Waals surface area contributed by atoms with E-state index in [0.717, 1.165) is 6.07 Å². The second kappa shape index (κ2) is 2.93. The molecule has 0 spiro atoms. The van der Waals surface area contributed by atoms with Crippen molar-refractivity contribution >= 4 is 12.0 Å². The summed E-state index contributed by atoms with van der Waals surface area (Å²) in [5, 5.41) is 0. The van der Waals surface area contributed by atoms with Gasteiger partial charge in [0.05, 0.1) is 12.1 Å². The molecule has 0 radical (unpaired) electrons. The van der Waals surface area contributed by atoms with Crippen LogP contribution in [0.5, 0.6) is 0 Å². The highest BCUT2D eigenvalue weighted by Crippen LogP contribution is 2.19. The van der Waals surface area contributed by atoms with Gasteiger partial charge in [-0.05, 0) is 6.07 Å². The second-order valence-electron chi connectivity index (χ2n) is 1.90. The Labute approximate surface area is 63.1 Å². The fraction of sp³-hybridized carbons (Fsp3) is 0. The van der Waals surface area contributed by atoms with E-state index in [9.17, 15) is 9.18 Å². The zero-order valence-electron chi connectivity index (χ0n) is 5.54. The van der Waals surface area contributed by atoms with E-state index in [1.165, 1.54) is 12.1 Å². The van der Waals surface area contributed by atoms with E-state index < -0.39 is 5.82 Å². The molecule has 0 saturated carbocycles. The summed E-state index contributed by atoms with van der Waals surface area (Å²) in [5.74, 6) is -0.645.